The van der Waals surface area contributed by atoms with E-state index in [9.17, 15) is 0 Å². The SMILES string of the molecule is [CH]CC1(C)C=CCCC1. The molecule has 0 heterocycles. The fraction of sp³-hybridized carbons (Fsp3) is 0.667. The summed E-state index contributed by atoms with van der Waals surface area (Å²) in [4.78, 5) is 0. The van der Waals surface area contributed by atoms with E-state index in [1.165, 1.54) is 19.3 Å². The molecule has 50 valence electrons. The Kier molecular flexibility index (Phi) is 1.94. The van der Waals surface area contributed by atoms with E-state index in [1.807, 2.05) is 0 Å². The fourth-order valence-corrected chi connectivity index (χ4v) is 1.25. The first kappa shape index (κ1) is 6.85. The van der Waals surface area contributed by atoms with Gasteiger partial charge in [-0.3, -0.25) is 0 Å². The van der Waals surface area contributed by atoms with Crippen LogP contribution >= 0.6 is 0 Å². The molecular formula is C9H14. The second-order valence-corrected chi connectivity index (χ2v) is 3.15. The van der Waals surface area contributed by atoms with Gasteiger partial charge in [-0.2, -0.15) is 0 Å². The topological polar surface area (TPSA) is 0 Å². The van der Waals surface area contributed by atoms with Crippen molar-refractivity contribution in [2.24, 2.45) is 5.41 Å². The van der Waals surface area contributed by atoms with Crippen LogP contribution in [0.25, 0.3) is 0 Å². The van der Waals surface area contributed by atoms with Crippen molar-refractivity contribution in [3.63, 3.8) is 0 Å². The lowest BCUT2D eigenvalue weighted by Gasteiger charge is -2.26. The molecule has 0 N–H and O–H groups in total. The molecule has 1 aliphatic carbocycles. The first-order valence-electron chi connectivity index (χ1n) is 3.65. The second-order valence-electron chi connectivity index (χ2n) is 3.15. The smallest absolute Gasteiger partial charge is 0.0144 e. The summed E-state index contributed by atoms with van der Waals surface area (Å²) < 4.78 is 0. The van der Waals surface area contributed by atoms with Crippen LogP contribution in [-0.4, -0.2) is 0 Å². The summed E-state index contributed by atoms with van der Waals surface area (Å²) in [5.74, 6) is 0. The first-order valence-corrected chi connectivity index (χ1v) is 3.65. The Morgan fingerprint density at radius 2 is 2.44 bits per heavy atom. The normalized spacial score (nSPS) is 34.9. The van der Waals surface area contributed by atoms with Crippen molar-refractivity contribution < 1.29 is 0 Å². The minimum absolute atomic E-state index is 0.318. The second kappa shape index (κ2) is 2.55. The molecule has 0 nitrogen and oxygen atoms in total. The van der Waals surface area contributed by atoms with Crippen LogP contribution in [0.15, 0.2) is 12.2 Å². The van der Waals surface area contributed by atoms with Gasteiger partial charge in [-0.25, -0.2) is 0 Å². The zero-order valence-corrected chi connectivity index (χ0v) is 6.06. The summed E-state index contributed by atoms with van der Waals surface area (Å²) in [6.07, 6.45) is 9.12. The highest BCUT2D eigenvalue weighted by Gasteiger charge is 2.19. The predicted octanol–water partition coefficient (Wildman–Crippen LogP) is 2.83. The van der Waals surface area contributed by atoms with E-state index in [0.29, 0.717) is 5.41 Å². The fourth-order valence-electron chi connectivity index (χ4n) is 1.25. The maximum Gasteiger partial charge on any atom is -0.0144 e. The van der Waals surface area contributed by atoms with Crippen molar-refractivity contribution in [1.82, 2.24) is 0 Å². The molecule has 0 fully saturated rings. The van der Waals surface area contributed by atoms with Crippen LogP contribution in [-0.2, 0) is 0 Å². The summed E-state index contributed by atoms with van der Waals surface area (Å²) in [5.41, 5.74) is 0.318. The number of allylic oxidation sites excluding steroid dienone is 2. The number of hydrogen-bond acceptors (Lipinski definition) is 0. The van der Waals surface area contributed by atoms with Crippen molar-refractivity contribution in [3.05, 3.63) is 19.1 Å². The summed E-state index contributed by atoms with van der Waals surface area (Å²) in [5, 5.41) is 0. The highest BCUT2D eigenvalue weighted by atomic mass is 14.2. The Hall–Kier alpha value is -0.260. The Labute approximate surface area is 58.0 Å². The van der Waals surface area contributed by atoms with Gasteiger partial charge < -0.3 is 0 Å². The van der Waals surface area contributed by atoms with Crippen LogP contribution in [0.1, 0.15) is 32.6 Å². The highest BCUT2D eigenvalue weighted by Crippen LogP contribution is 2.32. The van der Waals surface area contributed by atoms with Crippen molar-refractivity contribution in [2.75, 3.05) is 0 Å². The third-order valence-electron chi connectivity index (χ3n) is 2.11. The summed E-state index contributed by atoms with van der Waals surface area (Å²) in [7, 11) is 0. The van der Waals surface area contributed by atoms with E-state index in [-0.39, 0.29) is 0 Å². The Morgan fingerprint density at radius 3 is 2.78 bits per heavy atom. The predicted molar refractivity (Wildman–Crippen MR) is 40.0 cm³/mol. The van der Waals surface area contributed by atoms with Gasteiger partial charge in [-0.15, -0.1) is 0 Å². The lowest BCUT2D eigenvalue weighted by molar-refractivity contribution is 0.368. The lowest BCUT2D eigenvalue weighted by atomic mass is 9.79. The van der Waals surface area contributed by atoms with E-state index in [0.717, 1.165) is 6.42 Å². The van der Waals surface area contributed by atoms with E-state index >= 15 is 0 Å². The quantitative estimate of drug-likeness (QED) is 0.469. The van der Waals surface area contributed by atoms with Crippen molar-refractivity contribution >= 4 is 0 Å². The highest BCUT2D eigenvalue weighted by molar-refractivity contribution is 5.01. The van der Waals surface area contributed by atoms with Gasteiger partial charge in [0.2, 0.25) is 0 Å². The molecule has 9 heavy (non-hydrogen) atoms. The molecule has 2 radical (unpaired) electrons. The Balaban J connectivity index is 2.56. The van der Waals surface area contributed by atoms with E-state index in [4.69, 9.17) is 6.92 Å². The van der Waals surface area contributed by atoms with Gasteiger partial charge in [0.25, 0.3) is 0 Å². The molecule has 0 aliphatic heterocycles. The molecule has 1 aliphatic rings. The van der Waals surface area contributed by atoms with Crippen LogP contribution in [0.5, 0.6) is 0 Å². The van der Waals surface area contributed by atoms with Crippen molar-refractivity contribution in [3.8, 4) is 0 Å². The molecule has 0 bridgehead atoms. The molecule has 0 heteroatoms. The summed E-state index contributed by atoms with van der Waals surface area (Å²) in [6, 6.07) is 0. The molecule has 1 rings (SSSR count). The number of hydrogen-bond donors (Lipinski definition) is 0. The van der Waals surface area contributed by atoms with E-state index in [2.05, 4.69) is 19.1 Å². The van der Waals surface area contributed by atoms with Crippen LogP contribution in [0.4, 0.5) is 0 Å². The lowest BCUT2D eigenvalue weighted by Crippen LogP contribution is -2.13. The zero-order valence-electron chi connectivity index (χ0n) is 6.06. The zero-order chi connectivity index (χ0) is 6.74. The first-order chi connectivity index (χ1) is 4.27. The molecule has 0 saturated carbocycles. The molecule has 0 spiro atoms. The van der Waals surface area contributed by atoms with E-state index in [1.54, 1.807) is 0 Å². The third-order valence-corrected chi connectivity index (χ3v) is 2.11. The number of rotatable bonds is 1. The molecule has 1 atom stereocenters. The minimum atomic E-state index is 0.318. The molecule has 0 amide bonds. The van der Waals surface area contributed by atoms with Gasteiger partial charge in [-0.05, 0) is 38.0 Å². The molecule has 0 aromatic rings. The third kappa shape index (κ3) is 1.57. The van der Waals surface area contributed by atoms with Gasteiger partial charge in [-0.1, -0.05) is 19.1 Å². The summed E-state index contributed by atoms with van der Waals surface area (Å²) in [6.45, 7) is 7.81. The van der Waals surface area contributed by atoms with Gasteiger partial charge in [0.15, 0.2) is 0 Å². The van der Waals surface area contributed by atoms with Crippen LogP contribution in [0.3, 0.4) is 0 Å². The maximum atomic E-state index is 5.59. The van der Waals surface area contributed by atoms with E-state index < -0.39 is 0 Å². The Bertz CT molecular complexity index is 113. The van der Waals surface area contributed by atoms with Crippen LogP contribution < -0.4 is 0 Å². The molecule has 0 aromatic carbocycles. The van der Waals surface area contributed by atoms with Crippen molar-refractivity contribution in [2.45, 2.75) is 32.6 Å². The average molecular weight is 122 g/mol. The standard InChI is InChI=1S/C9H14/c1-3-9(2)7-5-4-6-8-9/h1,5,7H,3-4,6,8H2,2H3. The molecule has 1 unspecified atom stereocenters. The van der Waals surface area contributed by atoms with Gasteiger partial charge in [0.1, 0.15) is 0 Å². The Morgan fingerprint density at radius 1 is 1.67 bits per heavy atom. The average Bonchev–Trinajstić information content (AvgIpc) is 1.90. The maximum absolute atomic E-state index is 5.59. The minimum Gasteiger partial charge on any atom is -0.0880 e. The van der Waals surface area contributed by atoms with Gasteiger partial charge in [0.05, 0.1) is 0 Å². The van der Waals surface area contributed by atoms with Gasteiger partial charge in [0, 0.05) is 0 Å². The molecule has 0 saturated heterocycles. The summed E-state index contributed by atoms with van der Waals surface area (Å²) >= 11 is 0. The van der Waals surface area contributed by atoms with Gasteiger partial charge >= 0.3 is 0 Å². The molecular weight excluding hydrogens is 108 g/mol. The molecule has 0 aromatic heterocycles. The van der Waals surface area contributed by atoms with Crippen LogP contribution in [0, 0.1) is 12.3 Å². The van der Waals surface area contributed by atoms with Crippen LogP contribution in [0.2, 0.25) is 0 Å². The van der Waals surface area contributed by atoms with Crippen molar-refractivity contribution in [1.29, 1.82) is 0 Å². The largest absolute Gasteiger partial charge is 0.0880 e. The monoisotopic (exact) mass is 122 g/mol.